The van der Waals surface area contributed by atoms with Crippen LogP contribution in [0.3, 0.4) is 0 Å². The van der Waals surface area contributed by atoms with Gasteiger partial charge in [0.2, 0.25) is 11.8 Å². The molecule has 1 unspecified atom stereocenters. The lowest BCUT2D eigenvalue weighted by molar-refractivity contribution is -0.126. The molecule has 0 aliphatic rings. The first kappa shape index (κ1) is 18.8. The lowest BCUT2D eigenvalue weighted by atomic mass is 10.1. The van der Waals surface area contributed by atoms with Gasteiger partial charge in [0.1, 0.15) is 0 Å². The molecule has 0 radical (unpaired) electrons. The second kappa shape index (κ2) is 9.68. The Morgan fingerprint density at radius 2 is 1.83 bits per heavy atom. The summed E-state index contributed by atoms with van der Waals surface area (Å²) in [6.07, 6.45) is 0.449. The number of nitrogens with two attached hydrogens (primary N) is 2. The van der Waals surface area contributed by atoms with Crippen LogP contribution in [0.25, 0.3) is 0 Å². The fraction of sp³-hybridized carbons (Fsp3) is 0.500. The predicted octanol–water partition coefficient (Wildman–Crippen LogP) is 0.345. The molecule has 0 saturated carbocycles. The van der Waals surface area contributed by atoms with Crippen LogP contribution in [0, 0.1) is 0 Å². The zero-order valence-electron chi connectivity index (χ0n) is 13.6. The van der Waals surface area contributed by atoms with Gasteiger partial charge >= 0.3 is 0 Å². The molecule has 0 aliphatic heterocycles. The van der Waals surface area contributed by atoms with Crippen molar-refractivity contribution in [3.63, 3.8) is 0 Å². The molecular formula is C16H25N3O4. The normalized spacial score (nSPS) is 11.6. The largest absolute Gasteiger partial charge is 0.490 e. The SMILES string of the molecule is CCOc1ccc(CCNC(=O)C(N)CC(N)=O)cc1OCC. The van der Waals surface area contributed by atoms with Crippen molar-refractivity contribution in [1.82, 2.24) is 5.32 Å². The highest BCUT2D eigenvalue weighted by molar-refractivity contribution is 5.87. The van der Waals surface area contributed by atoms with Gasteiger partial charge in [-0.2, -0.15) is 0 Å². The summed E-state index contributed by atoms with van der Waals surface area (Å²) in [5.74, 6) is 0.398. The van der Waals surface area contributed by atoms with E-state index in [4.69, 9.17) is 20.9 Å². The number of nitrogens with one attached hydrogen (secondary N) is 1. The molecule has 1 atom stereocenters. The average molecular weight is 323 g/mol. The first-order valence-corrected chi connectivity index (χ1v) is 7.68. The Balaban J connectivity index is 2.55. The molecule has 128 valence electrons. The Labute approximate surface area is 136 Å². The van der Waals surface area contributed by atoms with E-state index in [1.165, 1.54) is 0 Å². The van der Waals surface area contributed by atoms with E-state index in [-0.39, 0.29) is 12.3 Å². The summed E-state index contributed by atoms with van der Waals surface area (Å²) < 4.78 is 11.1. The van der Waals surface area contributed by atoms with Crippen LogP contribution < -0.4 is 26.3 Å². The van der Waals surface area contributed by atoms with Gasteiger partial charge in [0.15, 0.2) is 11.5 Å². The van der Waals surface area contributed by atoms with Gasteiger partial charge in [-0.05, 0) is 38.0 Å². The molecule has 0 fully saturated rings. The van der Waals surface area contributed by atoms with Crippen LogP contribution in [-0.2, 0) is 16.0 Å². The van der Waals surface area contributed by atoms with E-state index in [0.29, 0.717) is 37.7 Å². The lowest BCUT2D eigenvalue weighted by Gasteiger charge is -2.13. The van der Waals surface area contributed by atoms with Gasteiger partial charge in [-0.1, -0.05) is 6.07 Å². The minimum Gasteiger partial charge on any atom is -0.490 e. The third kappa shape index (κ3) is 6.56. The Bertz CT molecular complexity index is 534. The smallest absolute Gasteiger partial charge is 0.237 e. The molecule has 5 N–H and O–H groups in total. The third-order valence-corrected chi connectivity index (χ3v) is 3.08. The molecule has 1 aromatic rings. The van der Waals surface area contributed by atoms with Crippen LogP contribution in [-0.4, -0.2) is 37.6 Å². The highest BCUT2D eigenvalue weighted by atomic mass is 16.5. The summed E-state index contributed by atoms with van der Waals surface area (Å²) in [6.45, 7) is 5.33. The Hall–Kier alpha value is -2.28. The second-order valence-electron chi connectivity index (χ2n) is 4.97. The summed E-state index contributed by atoms with van der Waals surface area (Å²) in [4.78, 5) is 22.4. The number of rotatable bonds is 10. The molecule has 0 aromatic heterocycles. The molecule has 2 amide bonds. The van der Waals surface area contributed by atoms with Crippen molar-refractivity contribution in [3.8, 4) is 11.5 Å². The zero-order valence-corrected chi connectivity index (χ0v) is 13.6. The fourth-order valence-electron chi connectivity index (χ4n) is 2.02. The molecule has 0 bridgehead atoms. The van der Waals surface area contributed by atoms with E-state index in [9.17, 15) is 9.59 Å². The van der Waals surface area contributed by atoms with Crippen molar-refractivity contribution >= 4 is 11.8 Å². The van der Waals surface area contributed by atoms with Gasteiger partial charge in [-0.25, -0.2) is 0 Å². The van der Waals surface area contributed by atoms with E-state index in [1.54, 1.807) is 0 Å². The topological polar surface area (TPSA) is 117 Å². The van der Waals surface area contributed by atoms with E-state index >= 15 is 0 Å². The van der Waals surface area contributed by atoms with Gasteiger partial charge in [-0.3, -0.25) is 9.59 Å². The van der Waals surface area contributed by atoms with Crippen LogP contribution >= 0.6 is 0 Å². The average Bonchev–Trinajstić information content (AvgIpc) is 2.49. The summed E-state index contributed by atoms with van der Waals surface area (Å²) in [7, 11) is 0. The van der Waals surface area contributed by atoms with Crippen LogP contribution in [0.15, 0.2) is 18.2 Å². The van der Waals surface area contributed by atoms with E-state index in [0.717, 1.165) is 5.56 Å². The van der Waals surface area contributed by atoms with Gasteiger partial charge in [0.25, 0.3) is 0 Å². The fourth-order valence-corrected chi connectivity index (χ4v) is 2.02. The number of carbonyl (C=O) groups excluding carboxylic acids is 2. The predicted molar refractivity (Wildman–Crippen MR) is 87.3 cm³/mol. The number of hydrogen-bond acceptors (Lipinski definition) is 5. The molecule has 23 heavy (non-hydrogen) atoms. The Morgan fingerprint density at radius 3 is 2.43 bits per heavy atom. The van der Waals surface area contributed by atoms with Crippen LogP contribution in [0.5, 0.6) is 11.5 Å². The summed E-state index contributed by atoms with van der Waals surface area (Å²) >= 11 is 0. The number of amides is 2. The third-order valence-electron chi connectivity index (χ3n) is 3.08. The van der Waals surface area contributed by atoms with Crippen molar-refractivity contribution < 1.29 is 19.1 Å². The summed E-state index contributed by atoms with van der Waals surface area (Å²) in [5.41, 5.74) is 11.6. The molecule has 0 aliphatic carbocycles. The Morgan fingerprint density at radius 1 is 1.17 bits per heavy atom. The molecule has 1 rings (SSSR count). The Kier molecular flexibility index (Phi) is 7.90. The minimum atomic E-state index is -0.910. The summed E-state index contributed by atoms with van der Waals surface area (Å²) in [6, 6.07) is 4.75. The number of primary amides is 1. The number of benzene rings is 1. The maximum Gasteiger partial charge on any atom is 0.237 e. The standard InChI is InChI=1S/C16H25N3O4/c1-3-22-13-6-5-11(9-14(13)23-4-2)7-8-19-16(21)12(17)10-15(18)20/h5-6,9,12H,3-4,7-8,10,17H2,1-2H3,(H2,18,20)(H,19,21). The van der Waals surface area contributed by atoms with Crippen molar-refractivity contribution in [2.75, 3.05) is 19.8 Å². The molecule has 0 spiro atoms. The molecule has 1 aromatic carbocycles. The van der Waals surface area contributed by atoms with Crippen LogP contribution in [0.2, 0.25) is 0 Å². The van der Waals surface area contributed by atoms with Gasteiger partial charge in [-0.15, -0.1) is 0 Å². The van der Waals surface area contributed by atoms with Gasteiger partial charge < -0.3 is 26.3 Å². The molecule has 0 saturated heterocycles. The van der Waals surface area contributed by atoms with E-state index < -0.39 is 11.9 Å². The first-order chi connectivity index (χ1) is 11.0. The van der Waals surface area contributed by atoms with Crippen molar-refractivity contribution in [2.45, 2.75) is 32.7 Å². The highest BCUT2D eigenvalue weighted by Crippen LogP contribution is 2.28. The number of ether oxygens (including phenoxy) is 2. The summed E-state index contributed by atoms with van der Waals surface area (Å²) in [5, 5.41) is 2.68. The van der Waals surface area contributed by atoms with Crippen molar-refractivity contribution in [3.05, 3.63) is 23.8 Å². The lowest BCUT2D eigenvalue weighted by Crippen LogP contribution is -2.43. The van der Waals surface area contributed by atoms with Gasteiger partial charge in [0.05, 0.1) is 25.7 Å². The second-order valence-corrected chi connectivity index (χ2v) is 4.97. The van der Waals surface area contributed by atoms with Crippen LogP contribution in [0.1, 0.15) is 25.8 Å². The van der Waals surface area contributed by atoms with Gasteiger partial charge in [0, 0.05) is 6.54 Å². The van der Waals surface area contributed by atoms with Crippen molar-refractivity contribution in [2.24, 2.45) is 11.5 Å². The zero-order chi connectivity index (χ0) is 17.2. The van der Waals surface area contributed by atoms with Crippen molar-refractivity contribution in [1.29, 1.82) is 0 Å². The molecule has 7 nitrogen and oxygen atoms in total. The quantitative estimate of drug-likeness (QED) is 0.574. The minimum absolute atomic E-state index is 0.163. The first-order valence-electron chi connectivity index (χ1n) is 7.68. The maximum atomic E-state index is 11.7. The highest BCUT2D eigenvalue weighted by Gasteiger charge is 2.15. The van der Waals surface area contributed by atoms with Crippen LogP contribution in [0.4, 0.5) is 0 Å². The van der Waals surface area contributed by atoms with E-state index in [1.807, 2.05) is 32.0 Å². The molecular weight excluding hydrogens is 298 g/mol. The monoisotopic (exact) mass is 323 g/mol. The molecule has 0 heterocycles. The molecule has 7 heteroatoms. The number of carbonyl (C=O) groups is 2. The maximum absolute atomic E-state index is 11.7. The number of hydrogen-bond donors (Lipinski definition) is 3. The van der Waals surface area contributed by atoms with E-state index in [2.05, 4.69) is 5.32 Å².